The molecule has 6 nitrogen and oxygen atoms in total. The SMILES string of the molecule is CCNC(=NCCCOCC1CCCO1)NCCN(CC)C1CC1. The molecule has 0 bridgehead atoms. The largest absolute Gasteiger partial charge is 0.379 e. The first-order chi connectivity index (χ1) is 11.8. The predicted octanol–water partition coefficient (Wildman–Crippen LogP) is 1.61. The number of hydrogen-bond acceptors (Lipinski definition) is 4. The Labute approximate surface area is 147 Å². The van der Waals surface area contributed by atoms with Gasteiger partial charge in [0.2, 0.25) is 0 Å². The average molecular weight is 341 g/mol. The molecule has 0 radical (unpaired) electrons. The fraction of sp³-hybridized carbons (Fsp3) is 0.944. The molecular formula is C18H36N4O2. The van der Waals surface area contributed by atoms with Crippen LogP contribution in [0.15, 0.2) is 4.99 Å². The first-order valence-corrected chi connectivity index (χ1v) is 9.79. The van der Waals surface area contributed by atoms with Crippen molar-refractivity contribution in [1.82, 2.24) is 15.5 Å². The minimum absolute atomic E-state index is 0.320. The van der Waals surface area contributed by atoms with Crippen molar-refractivity contribution in [2.75, 3.05) is 52.5 Å². The zero-order chi connectivity index (χ0) is 17.0. The molecule has 1 aliphatic carbocycles. The van der Waals surface area contributed by atoms with Crippen molar-refractivity contribution in [1.29, 1.82) is 0 Å². The highest BCUT2D eigenvalue weighted by Crippen LogP contribution is 2.25. The van der Waals surface area contributed by atoms with Crippen LogP contribution < -0.4 is 10.6 Å². The van der Waals surface area contributed by atoms with Crippen molar-refractivity contribution in [3.63, 3.8) is 0 Å². The molecule has 2 aliphatic rings. The van der Waals surface area contributed by atoms with Crippen LogP contribution in [0.1, 0.15) is 46.0 Å². The van der Waals surface area contributed by atoms with Crippen molar-refractivity contribution in [2.45, 2.75) is 58.1 Å². The normalized spacial score (nSPS) is 21.5. The molecule has 2 fully saturated rings. The number of ether oxygens (including phenoxy) is 2. The summed E-state index contributed by atoms with van der Waals surface area (Å²) in [7, 11) is 0. The molecule has 6 heteroatoms. The van der Waals surface area contributed by atoms with Gasteiger partial charge in [0.15, 0.2) is 5.96 Å². The van der Waals surface area contributed by atoms with Gasteiger partial charge in [-0.3, -0.25) is 9.89 Å². The van der Waals surface area contributed by atoms with Crippen molar-refractivity contribution in [3.05, 3.63) is 0 Å². The Kier molecular flexibility index (Phi) is 9.46. The van der Waals surface area contributed by atoms with E-state index in [9.17, 15) is 0 Å². The summed E-state index contributed by atoms with van der Waals surface area (Å²) in [5.41, 5.74) is 0. The number of guanidine groups is 1. The Bertz CT molecular complexity index is 355. The van der Waals surface area contributed by atoms with Gasteiger partial charge < -0.3 is 20.1 Å². The average Bonchev–Trinajstić information content (AvgIpc) is 3.30. The van der Waals surface area contributed by atoms with Crippen LogP contribution in [-0.4, -0.2) is 75.5 Å². The highest BCUT2D eigenvalue weighted by molar-refractivity contribution is 5.79. The number of aliphatic imine (C=N–C) groups is 1. The van der Waals surface area contributed by atoms with E-state index in [1.807, 2.05) is 0 Å². The molecule has 1 saturated heterocycles. The molecule has 0 amide bonds. The van der Waals surface area contributed by atoms with Gasteiger partial charge in [0.25, 0.3) is 0 Å². The molecule has 0 spiro atoms. The second-order valence-corrected chi connectivity index (χ2v) is 6.61. The van der Waals surface area contributed by atoms with E-state index in [1.165, 1.54) is 19.3 Å². The number of likely N-dealkylation sites (N-methyl/N-ethyl adjacent to an activating group) is 1. The highest BCUT2D eigenvalue weighted by Gasteiger charge is 2.27. The second-order valence-electron chi connectivity index (χ2n) is 6.61. The van der Waals surface area contributed by atoms with Gasteiger partial charge in [-0.1, -0.05) is 6.92 Å². The van der Waals surface area contributed by atoms with Crippen molar-refractivity contribution in [2.24, 2.45) is 4.99 Å². The van der Waals surface area contributed by atoms with E-state index < -0.39 is 0 Å². The van der Waals surface area contributed by atoms with Crippen LogP contribution in [0.25, 0.3) is 0 Å². The van der Waals surface area contributed by atoms with Gasteiger partial charge in [-0.05, 0) is 45.6 Å². The maximum atomic E-state index is 5.68. The summed E-state index contributed by atoms with van der Waals surface area (Å²) in [5, 5.41) is 6.75. The summed E-state index contributed by atoms with van der Waals surface area (Å²) in [6, 6.07) is 0.831. The zero-order valence-electron chi connectivity index (χ0n) is 15.6. The van der Waals surface area contributed by atoms with Crippen LogP contribution in [0.5, 0.6) is 0 Å². The monoisotopic (exact) mass is 340 g/mol. The lowest BCUT2D eigenvalue weighted by Crippen LogP contribution is -2.42. The molecule has 0 aromatic rings. The number of nitrogens with one attached hydrogen (secondary N) is 2. The minimum Gasteiger partial charge on any atom is -0.379 e. The van der Waals surface area contributed by atoms with Gasteiger partial charge in [0.05, 0.1) is 12.7 Å². The quantitative estimate of drug-likeness (QED) is 0.321. The summed E-state index contributed by atoms with van der Waals surface area (Å²) in [6.45, 7) is 11.6. The minimum atomic E-state index is 0.320. The fourth-order valence-electron chi connectivity index (χ4n) is 3.05. The Morgan fingerprint density at radius 2 is 2.12 bits per heavy atom. The summed E-state index contributed by atoms with van der Waals surface area (Å²) in [5.74, 6) is 0.920. The molecule has 1 atom stereocenters. The highest BCUT2D eigenvalue weighted by atomic mass is 16.5. The van der Waals surface area contributed by atoms with Crippen molar-refractivity contribution < 1.29 is 9.47 Å². The first-order valence-electron chi connectivity index (χ1n) is 9.79. The molecule has 1 heterocycles. The Morgan fingerprint density at radius 1 is 1.25 bits per heavy atom. The van der Waals surface area contributed by atoms with Crippen LogP contribution in [-0.2, 0) is 9.47 Å². The van der Waals surface area contributed by atoms with Gasteiger partial charge in [-0.2, -0.15) is 0 Å². The first kappa shape index (κ1) is 19.5. The summed E-state index contributed by atoms with van der Waals surface area (Å²) >= 11 is 0. The van der Waals surface area contributed by atoms with E-state index in [1.54, 1.807) is 0 Å². The van der Waals surface area contributed by atoms with E-state index in [0.29, 0.717) is 6.10 Å². The molecule has 1 unspecified atom stereocenters. The number of nitrogens with zero attached hydrogens (tertiary/aromatic N) is 2. The lowest BCUT2D eigenvalue weighted by Gasteiger charge is -2.20. The molecule has 0 aromatic carbocycles. The summed E-state index contributed by atoms with van der Waals surface area (Å²) < 4.78 is 11.2. The summed E-state index contributed by atoms with van der Waals surface area (Å²) in [4.78, 5) is 7.18. The Morgan fingerprint density at radius 3 is 2.79 bits per heavy atom. The standard InChI is InChI=1S/C18H36N4O2/c1-3-19-18(21-11-12-22(4-2)16-8-9-16)20-10-6-13-23-15-17-7-5-14-24-17/h16-17H,3-15H2,1-2H3,(H2,19,20,21). The van der Waals surface area contributed by atoms with Gasteiger partial charge in [0, 0.05) is 45.4 Å². The topological polar surface area (TPSA) is 58.1 Å². The van der Waals surface area contributed by atoms with Gasteiger partial charge in [-0.15, -0.1) is 0 Å². The number of rotatable bonds is 12. The van der Waals surface area contributed by atoms with Crippen molar-refractivity contribution in [3.8, 4) is 0 Å². The molecule has 0 aromatic heterocycles. The van der Waals surface area contributed by atoms with Crippen LogP contribution in [0, 0.1) is 0 Å². The Hall–Kier alpha value is -0.850. The maximum absolute atomic E-state index is 5.68. The molecule has 1 saturated carbocycles. The zero-order valence-corrected chi connectivity index (χ0v) is 15.6. The van der Waals surface area contributed by atoms with Crippen molar-refractivity contribution >= 4 is 5.96 Å². The fourth-order valence-corrected chi connectivity index (χ4v) is 3.05. The molecule has 24 heavy (non-hydrogen) atoms. The third-order valence-corrected chi connectivity index (χ3v) is 4.55. The third kappa shape index (κ3) is 7.81. The van der Waals surface area contributed by atoms with E-state index in [0.717, 1.165) is 77.4 Å². The molecular weight excluding hydrogens is 304 g/mol. The van der Waals surface area contributed by atoms with Gasteiger partial charge in [0.1, 0.15) is 0 Å². The summed E-state index contributed by atoms with van der Waals surface area (Å²) in [6.07, 6.45) is 6.32. The van der Waals surface area contributed by atoms with E-state index in [2.05, 4.69) is 34.4 Å². The van der Waals surface area contributed by atoms with Gasteiger partial charge in [-0.25, -0.2) is 0 Å². The lowest BCUT2D eigenvalue weighted by molar-refractivity contribution is 0.0171. The maximum Gasteiger partial charge on any atom is 0.191 e. The Balaban J connectivity index is 1.53. The van der Waals surface area contributed by atoms with E-state index in [4.69, 9.17) is 9.47 Å². The molecule has 140 valence electrons. The van der Waals surface area contributed by atoms with Crippen LogP contribution in [0.3, 0.4) is 0 Å². The third-order valence-electron chi connectivity index (χ3n) is 4.55. The molecule has 2 N–H and O–H groups in total. The smallest absolute Gasteiger partial charge is 0.191 e. The van der Waals surface area contributed by atoms with Crippen LogP contribution in [0.4, 0.5) is 0 Å². The predicted molar refractivity (Wildman–Crippen MR) is 98.7 cm³/mol. The number of hydrogen-bond donors (Lipinski definition) is 2. The second kappa shape index (κ2) is 11.7. The van der Waals surface area contributed by atoms with Crippen LogP contribution in [0.2, 0.25) is 0 Å². The van der Waals surface area contributed by atoms with Gasteiger partial charge >= 0.3 is 0 Å². The lowest BCUT2D eigenvalue weighted by atomic mass is 10.2. The molecule has 2 rings (SSSR count). The van der Waals surface area contributed by atoms with E-state index >= 15 is 0 Å². The van der Waals surface area contributed by atoms with E-state index in [-0.39, 0.29) is 0 Å². The molecule has 1 aliphatic heterocycles. The van der Waals surface area contributed by atoms with Crippen LogP contribution >= 0.6 is 0 Å².